The summed E-state index contributed by atoms with van der Waals surface area (Å²) in [5, 5.41) is 12.6. The number of nitrogens with zero attached hydrogens (tertiary/aromatic N) is 1. The quantitative estimate of drug-likeness (QED) is 0.716. The Kier molecular flexibility index (Phi) is 5.39. The number of hydrogen-bond donors (Lipinski definition) is 2. The van der Waals surface area contributed by atoms with E-state index in [1.54, 1.807) is 48.5 Å². The number of amides is 3. The lowest BCUT2D eigenvalue weighted by Gasteiger charge is -2.28. The third-order valence-corrected chi connectivity index (χ3v) is 4.94. The minimum atomic E-state index is -1.42. The van der Waals surface area contributed by atoms with Gasteiger partial charge in [-0.3, -0.25) is 14.5 Å². The molecule has 27 heavy (non-hydrogen) atoms. The normalized spacial score (nSPS) is 15.7. The van der Waals surface area contributed by atoms with Gasteiger partial charge in [0.1, 0.15) is 0 Å². The van der Waals surface area contributed by atoms with Crippen LogP contribution in [0.3, 0.4) is 0 Å². The summed E-state index contributed by atoms with van der Waals surface area (Å²) in [6.07, 6.45) is 0.0394. The van der Waals surface area contributed by atoms with E-state index in [2.05, 4.69) is 5.32 Å². The summed E-state index contributed by atoms with van der Waals surface area (Å²) >= 11 is 11.9. The molecule has 0 atom stereocenters. The Labute approximate surface area is 165 Å². The molecule has 1 heterocycles. The number of carbonyl (C=O) groups excluding carboxylic acids is 2. The number of imide groups is 1. The van der Waals surface area contributed by atoms with Crippen molar-refractivity contribution in [1.29, 1.82) is 0 Å². The average molecular weight is 407 g/mol. The molecule has 8 heteroatoms. The Hall–Kier alpha value is -2.57. The minimum absolute atomic E-state index is 0.0138. The molecular weight excluding hydrogens is 391 g/mol. The van der Waals surface area contributed by atoms with E-state index in [0.717, 1.165) is 4.90 Å². The molecule has 0 unspecified atom stereocenters. The summed E-state index contributed by atoms with van der Waals surface area (Å²) in [6, 6.07) is 12.7. The van der Waals surface area contributed by atoms with Crippen molar-refractivity contribution in [3.63, 3.8) is 0 Å². The number of aliphatic carboxylic acids is 1. The SMILES string of the molecule is O=C(O)CCCN1C(=O)NC(c2ccc(Cl)cc2)(c2ccc(Cl)cc2)C1=O. The van der Waals surface area contributed by atoms with Gasteiger partial charge in [-0.15, -0.1) is 0 Å². The highest BCUT2D eigenvalue weighted by Gasteiger charge is 2.53. The number of benzene rings is 2. The fourth-order valence-electron chi connectivity index (χ4n) is 3.13. The number of nitrogens with one attached hydrogen (secondary N) is 1. The van der Waals surface area contributed by atoms with E-state index in [1.807, 2.05) is 0 Å². The average Bonchev–Trinajstić information content (AvgIpc) is 2.88. The molecule has 6 nitrogen and oxygen atoms in total. The fourth-order valence-corrected chi connectivity index (χ4v) is 3.38. The molecule has 1 fully saturated rings. The van der Waals surface area contributed by atoms with Crippen LogP contribution >= 0.6 is 23.2 Å². The lowest BCUT2D eigenvalue weighted by Crippen LogP contribution is -2.45. The largest absolute Gasteiger partial charge is 0.481 e. The molecule has 140 valence electrons. The topological polar surface area (TPSA) is 86.7 Å². The van der Waals surface area contributed by atoms with Crippen LogP contribution in [0.2, 0.25) is 10.0 Å². The van der Waals surface area contributed by atoms with Gasteiger partial charge in [-0.1, -0.05) is 47.5 Å². The molecule has 1 saturated heterocycles. The van der Waals surface area contributed by atoms with E-state index in [-0.39, 0.29) is 19.4 Å². The number of carboxylic acid groups (broad SMARTS) is 1. The second-order valence-electron chi connectivity index (χ2n) is 6.15. The molecule has 3 rings (SSSR count). The third-order valence-electron chi connectivity index (χ3n) is 4.43. The molecule has 2 aromatic carbocycles. The van der Waals surface area contributed by atoms with Crippen LogP contribution in [0, 0.1) is 0 Å². The van der Waals surface area contributed by atoms with Crippen LogP contribution in [0.1, 0.15) is 24.0 Å². The van der Waals surface area contributed by atoms with Crippen molar-refractivity contribution in [2.24, 2.45) is 0 Å². The first-order valence-electron chi connectivity index (χ1n) is 8.22. The molecule has 0 aromatic heterocycles. The second-order valence-corrected chi connectivity index (χ2v) is 7.02. The van der Waals surface area contributed by atoms with E-state index in [1.165, 1.54) is 0 Å². The standard InChI is InChI=1S/C19H16Cl2N2O4/c20-14-7-3-12(4-8-14)19(13-5-9-15(21)10-6-13)17(26)23(18(27)22-19)11-1-2-16(24)25/h3-10H,1-2,11H2,(H,22,27)(H,24,25). The first-order chi connectivity index (χ1) is 12.8. The van der Waals surface area contributed by atoms with Gasteiger partial charge in [0.05, 0.1) is 0 Å². The number of hydrogen-bond acceptors (Lipinski definition) is 3. The van der Waals surface area contributed by atoms with Gasteiger partial charge >= 0.3 is 12.0 Å². The Morgan fingerprint density at radius 3 is 1.89 bits per heavy atom. The summed E-state index contributed by atoms with van der Waals surface area (Å²) in [4.78, 5) is 37.7. The predicted molar refractivity (Wildman–Crippen MR) is 101 cm³/mol. The molecule has 0 saturated carbocycles. The van der Waals surface area contributed by atoms with Gasteiger partial charge in [-0.2, -0.15) is 0 Å². The lowest BCUT2D eigenvalue weighted by atomic mass is 9.82. The molecule has 2 aromatic rings. The van der Waals surface area contributed by atoms with Crippen molar-refractivity contribution in [2.45, 2.75) is 18.4 Å². The maximum absolute atomic E-state index is 13.3. The van der Waals surface area contributed by atoms with Crippen LogP contribution in [0.25, 0.3) is 0 Å². The van der Waals surface area contributed by atoms with Crippen molar-refractivity contribution in [2.75, 3.05) is 6.54 Å². The zero-order chi connectivity index (χ0) is 19.6. The summed E-state index contributed by atoms with van der Waals surface area (Å²) in [5.74, 6) is -1.45. The summed E-state index contributed by atoms with van der Waals surface area (Å²) in [6.45, 7) is 0.0138. The fraction of sp³-hybridized carbons (Fsp3) is 0.211. The van der Waals surface area contributed by atoms with Crippen LogP contribution in [0.5, 0.6) is 0 Å². The van der Waals surface area contributed by atoms with Crippen LogP contribution in [0.15, 0.2) is 48.5 Å². The van der Waals surface area contributed by atoms with Gasteiger partial charge in [0.2, 0.25) is 0 Å². The van der Waals surface area contributed by atoms with Crippen molar-refractivity contribution in [1.82, 2.24) is 10.2 Å². The van der Waals surface area contributed by atoms with Crippen molar-refractivity contribution >= 4 is 41.1 Å². The van der Waals surface area contributed by atoms with Crippen molar-refractivity contribution in [3.05, 3.63) is 69.7 Å². The van der Waals surface area contributed by atoms with E-state index >= 15 is 0 Å². The number of carbonyl (C=O) groups is 3. The van der Waals surface area contributed by atoms with Gasteiger partial charge in [-0.05, 0) is 41.8 Å². The number of carboxylic acids is 1. The highest BCUT2D eigenvalue weighted by molar-refractivity contribution is 6.31. The van der Waals surface area contributed by atoms with Gasteiger partial charge in [-0.25, -0.2) is 4.79 Å². The Morgan fingerprint density at radius 1 is 0.963 bits per heavy atom. The molecule has 0 radical (unpaired) electrons. The van der Waals surface area contributed by atoms with Gasteiger partial charge in [0, 0.05) is 23.0 Å². The highest BCUT2D eigenvalue weighted by atomic mass is 35.5. The molecule has 0 aliphatic carbocycles. The molecule has 1 aliphatic heterocycles. The summed E-state index contributed by atoms with van der Waals surface area (Å²) in [5.41, 5.74) is -0.322. The zero-order valence-corrected chi connectivity index (χ0v) is 15.6. The minimum Gasteiger partial charge on any atom is -0.481 e. The summed E-state index contributed by atoms with van der Waals surface area (Å²) < 4.78 is 0. The number of rotatable bonds is 6. The van der Waals surface area contributed by atoms with Crippen LogP contribution < -0.4 is 5.32 Å². The van der Waals surface area contributed by atoms with Crippen molar-refractivity contribution in [3.8, 4) is 0 Å². The van der Waals surface area contributed by atoms with Crippen LogP contribution in [-0.4, -0.2) is 34.5 Å². The number of halogens is 2. The second kappa shape index (κ2) is 7.58. The summed E-state index contributed by atoms with van der Waals surface area (Å²) in [7, 11) is 0. The lowest BCUT2D eigenvalue weighted by molar-refractivity contribution is -0.137. The molecule has 2 N–H and O–H groups in total. The van der Waals surface area contributed by atoms with Gasteiger partial charge < -0.3 is 10.4 Å². The molecule has 3 amide bonds. The van der Waals surface area contributed by atoms with Gasteiger partial charge in [0.15, 0.2) is 5.54 Å². The smallest absolute Gasteiger partial charge is 0.325 e. The molecule has 1 aliphatic rings. The van der Waals surface area contributed by atoms with E-state index in [9.17, 15) is 14.4 Å². The monoisotopic (exact) mass is 406 g/mol. The van der Waals surface area contributed by atoms with E-state index in [0.29, 0.717) is 21.2 Å². The van der Waals surface area contributed by atoms with Crippen molar-refractivity contribution < 1.29 is 19.5 Å². The first-order valence-corrected chi connectivity index (χ1v) is 8.98. The predicted octanol–water partition coefficient (Wildman–Crippen LogP) is 3.65. The first kappa shape index (κ1) is 19.2. The Balaban J connectivity index is 2.04. The van der Waals surface area contributed by atoms with E-state index < -0.39 is 23.4 Å². The zero-order valence-electron chi connectivity index (χ0n) is 14.1. The van der Waals surface area contributed by atoms with Crippen LogP contribution in [0.4, 0.5) is 4.79 Å². The van der Waals surface area contributed by atoms with Gasteiger partial charge in [0.25, 0.3) is 5.91 Å². The molecule has 0 spiro atoms. The maximum atomic E-state index is 13.3. The third kappa shape index (κ3) is 3.63. The van der Waals surface area contributed by atoms with E-state index in [4.69, 9.17) is 28.3 Å². The Bertz CT molecular complexity index is 836. The van der Waals surface area contributed by atoms with Crippen LogP contribution in [-0.2, 0) is 15.1 Å². The molecular formula is C19H16Cl2N2O4. The maximum Gasteiger partial charge on any atom is 0.325 e. The number of urea groups is 1. The molecule has 0 bridgehead atoms. The highest BCUT2D eigenvalue weighted by Crippen LogP contribution is 2.37. The Morgan fingerprint density at radius 2 is 1.44 bits per heavy atom.